The number of hydrogen-bond donors (Lipinski definition) is 4. The molecular formula is C36H60O6. The first-order valence-electron chi connectivity index (χ1n) is 16.2. The first kappa shape index (κ1) is 41.1. The zero-order valence-corrected chi connectivity index (χ0v) is 26.5. The molecule has 2 rings (SSSR count). The molecule has 0 saturated heterocycles. The van der Waals surface area contributed by atoms with Crippen LogP contribution in [0.4, 0.5) is 0 Å². The number of unbranched alkanes of at least 4 members (excludes halogenated alkanes) is 16. The van der Waals surface area contributed by atoms with E-state index in [1.54, 1.807) is 48.5 Å². The van der Waals surface area contributed by atoms with Gasteiger partial charge in [0.05, 0.1) is 0 Å². The molecule has 0 atom stereocenters. The lowest BCUT2D eigenvalue weighted by Gasteiger charge is -2.00. The van der Waals surface area contributed by atoms with Crippen LogP contribution in [0.5, 0.6) is 11.5 Å². The van der Waals surface area contributed by atoms with E-state index in [1.165, 1.54) is 89.9 Å². The van der Waals surface area contributed by atoms with Gasteiger partial charge in [-0.1, -0.05) is 153 Å². The zero-order chi connectivity index (χ0) is 31.5. The van der Waals surface area contributed by atoms with Gasteiger partial charge in [-0.25, -0.2) is 0 Å². The molecule has 4 N–H and O–H groups in total. The molecule has 6 heteroatoms. The van der Waals surface area contributed by atoms with E-state index in [2.05, 4.69) is 13.8 Å². The summed E-state index contributed by atoms with van der Waals surface area (Å²) in [5, 5.41) is 34.1. The van der Waals surface area contributed by atoms with E-state index in [0.29, 0.717) is 24.3 Å². The predicted molar refractivity (Wildman–Crippen MR) is 175 cm³/mol. The molecule has 6 nitrogen and oxygen atoms in total. The molecule has 0 aromatic heterocycles. The van der Waals surface area contributed by atoms with Gasteiger partial charge in [-0.15, -0.1) is 0 Å². The third-order valence-corrected chi connectivity index (χ3v) is 6.50. The predicted octanol–water partition coefficient (Wildman–Crippen LogP) is 10.8. The molecule has 2 aromatic rings. The maximum absolute atomic E-state index is 10.2. The first-order chi connectivity index (χ1) is 20.3. The maximum Gasteiger partial charge on any atom is 0.303 e. The molecular weight excluding hydrogens is 528 g/mol. The normalized spacial score (nSPS) is 9.76. The highest BCUT2D eigenvalue weighted by atomic mass is 16.4. The Bertz CT molecular complexity index is 741. The third-order valence-electron chi connectivity index (χ3n) is 6.50. The van der Waals surface area contributed by atoms with E-state index >= 15 is 0 Å². The van der Waals surface area contributed by atoms with Gasteiger partial charge in [-0.3, -0.25) is 9.59 Å². The van der Waals surface area contributed by atoms with Crippen LogP contribution in [0.2, 0.25) is 0 Å². The molecule has 0 unspecified atom stereocenters. The van der Waals surface area contributed by atoms with Gasteiger partial charge in [0.1, 0.15) is 11.5 Å². The number of phenolic OH excluding ortho intramolecular Hbond substituents is 2. The second-order valence-electron chi connectivity index (χ2n) is 10.6. The number of rotatable bonds is 20. The molecule has 0 saturated carbocycles. The number of hydrogen-bond acceptors (Lipinski definition) is 4. The summed E-state index contributed by atoms with van der Waals surface area (Å²) >= 11 is 0. The van der Waals surface area contributed by atoms with Crippen molar-refractivity contribution in [3.63, 3.8) is 0 Å². The van der Waals surface area contributed by atoms with E-state index in [-0.39, 0.29) is 0 Å². The van der Waals surface area contributed by atoms with Gasteiger partial charge in [-0.2, -0.15) is 0 Å². The minimum Gasteiger partial charge on any atom is -0.508 e. The fraction of sp³-hybridized carbons (Fsp3) is 0.611. The fourth-order valence-electron chi connectivity index (χ4n) is 4.03. The highest BCUT2D eigenvalue weighted by Gasteiger charge is 1.97. The molecule has 0 heterocycles. The Hall–Kier alpha value is -3.02. The highest BCUT2D eigenvalue weighted by molar-refractivity contribution is 5.66. The second kappa shape index (κ2) is 34.2. The fourth-order valence-corrected chi connectivity index (χ4v) is 4.03. The number of benzene rings is 2. The van der Waals surface area contributed by atoms with Gasteiger partial charge in [-0.05, 0) is 37.1 Å². The van der Waals surface area contributed by atoms with Gasteiger partial charge in [0, 0.05) is 12.8 Å². The Balaban J connectivity index is 0. The SMILES string of the molecule is CCCCCCCCCCCC(=O)O.CCCCCCCCCCCC(=O)O.Oc1ccccc1.Oc1ccccc1. The van der Waals surface area contributed by atoms with E-state index in [0.717, 1.165) is 25.7 Å². The smallest absolute Gasteiger partial charge is 0.303 e. The van der Waals surface area contributed by atoms with Crippen molar-refractivity contribution in [2.45, 2.75) is 142 Å². The minimum absolute atomic E-state index is 0.322. The molecule has 0 aliphatic carbocycles. The Labute approximate surface area is 256 Å². The molecule has 2 aromatic carbocycles. The summed E-state index contributed by atoms with van der Waals surface area (Å²) in [5.74, 6) is -0.675. The van der Waals surface area contributed by atoms with Crippen molar-refractivity contribution in [1.29, 1.82) is 0 Å². The Morgan fingerprint density at radius 3 is 0.857 bits per heavy atom. The van der Waals surface area contributed by atoms with Crippen molar-refractivity contribution in [1.82, 2.24) is 0 Å². The minimum atomic E-state index is -0.659. The molecule has 0 bridgehead atoms. The second-order valence-corrected chi connectivity index (χ2v) is 10.6. The monoisotopic (exact) mass is 588 g/mol. The molecule has 0 fully saturated rings. The molecule has 0 spiro atoms. The summed E-state index contributed by atoms with van der Waals surface area (Å²) in [4.78, 5) is 20.4. The number of carboxylic acid groups (broad SMARTS) is 2. The van der Waals surface area contributed by atoms with E-state index in [4.69, 9.17) is 20.4 Å². The average molecular weight is 589 g/mol. The third kappa shape index (κ3) is 39.1. The van der Waals surface area contributed by atoms with Crippen molar-refractivity contribution in [2.75, 3.05) is 0 Å². The van der Waals surface area contributed by atoms with Gasteiger partial charge < -0.3 is 20.4 Å². The van der Waals surface area contributed by atoms with Crippen molar-refractivity contribution in [3.05, 3.63) is 60.7 Å². The Kier molecular flexibility index (Phi) is 33.5. The number of para-hydroxylation sites is 2. The lowest BCUT2D eigenvalue weighted by molar-refractivity contribution is -0.138. The summed E-state index contributed by atoms with van der Waals surface area (Å²) in [6.45, 7) is 4.46. The van der Waals surface area contributed by atoms with Crippen LogP contribution < -0.4 is 0 Å². The Morgan fingerprint density at radius 1 is 0.429 bits per heavy atom. The number of phenols is 2. The van der Waals surface area contributed by atoms with Crippen LogP contribution >= 0.6 is 0 Å². The molecule has 0 radical (unpaired) electrons. The van der Waals surface area contributed by atoms with E-state index in [9.17, 15) is 9.59 Å². The van der Waals surface area contributed by atoms with E-state index in [1.807, 2.05) is 12.1 Å². The van der Waals surface area contributed by atoms with Gasteiger partial charge in [0.25, 0.3) is 0 Å². The van der Waals surface area contributed by atoms with Crippen molar-refractivity contribution >= 4 is 11.9 Å². The summed E-state index contributed by atoms with van der Waals surface area (Å²) < 4.78 is 0. The van der Waals surface area contributed by atoms with Crippen LogP contribution in [0.3, 0.4) is 0 Å². The molecule has 42 heavy (non-hydrogen) atoms. The summed E-state index contributed by atoms with van der Waals surface area (Å²) in [7, 11) is 0. The average Bonchev–Trinajstić information content (AvgIpc) is 2.97. The lowest BCUT2D eigenvalue weighted by atomic mass is 10.1. The molecule has 240 valence electrons. The maximum atomic E-state index is 10.2. The molecule has 0 aliphatic rings. The largest absolute Gasteiger partial charge is 0.508 e. The summed E-state index contributed by atoms with van der Waals surface area (Å²) in [6.07, 6.45) is 23.0. The van der Waals surface area contributed by atoms with Crippen LogP contribution in [-0.2, 0) is 9.59 Å². The molecule has 0 aliphatic heterocycles. The molecule has 0 amide bonds. The van der Waals surface area contributed by atoms with E-state index < -0.39 is 11.9 Å². The lowest BCUT2D eigenvalue weighted by Crippen LogP contribution is -1.93. The zero-order valence-electron chi connectivity index (χ0n) is 26.5. The Morgan fingerprint density at radius 2 is 0.667 bits per heavy atom. The van der Waals surface area contributed by atoms with Crippen molar-refractivity contribution in [3.8, 4) is 11.5 Å². The first-order valence-corrected chi connectivity index (χ1v) is 16.2. The topological polar surface area (TPSA) is 115 Å². The summed E-state index contributed by atoms with van der Waals surface area (Å²) in [5.41, 5.74) is 0. The van der Waals surface area contributed by atoms with Crippen LogP contribution in [0.15, 0.2) is 60.7 Å². The number of carbonyl (C=O) groups is 2. The summed E-state index contributed by atoms with van der Waals surface area (Å²) in [6, 6.07) is 17.4. The number of aliphatic carboxylic acids is 2. The van der Waals surface area contributed by atoms with Crippen molar-refractivity contribution < 1.29 is 30.0 Å². The van der Waals surface area contributed by atoms with Crippen molar-refractivity contribution in [2.24, 2.45) is 0 Å². The van der Waals surface area contributed by atoms with Crippen LogP contribution in [-0.4, -0.2) is 32.4 Å². The van der Waals surface area contributed by atoms with Gasteiger partial charge in [0.2, 0.25) is 0 Å². The van der Waals surface area contributed by atoms with Gasteiger partial charge >= 0.3 is 11.9 Å². The van der Waals surface area contributed by atoms with Gasteiger partial charge in [0.15, 0.2) is 0 Å². The number of carboxylic acids is 2. The van der Waals surface area contributed by atoms with Crippen LogP contribution in [0.25, 0.3) is 0 Å². The van der Waals surface area contributed by atoms with Crippen LogP contribution in [0, 0.1) is 0 Å². The standard InChI is InChI=1S/2C12H24O2.2C6H6O/c2*1-2-3-4-5-6-7-8-9-10-11-12(13)14;2*7-6-4-2-1-3-5-6/h2*2-11H2,1H3,(H,13,14);2*1-5,7H. The highest BCUT2D eigenvalue weighted by Crippen LogP contribution is 2.11. The quantitative estimate of drug-likeness (QED) is 0.114. The van der Waals surface area contributed by atoms with Crippen LogP contribution in [0.1, 0.15) is 142 Å². The number of aromatic hydroxyl groups is 2.